The summed E-state index contributed by atoms with van der Waals surface area (Å²) >= 11 is 5.96. The van der Waals surface area contributed by atoms with Gasteiger partial charge in [0.1, 0.15) is 18.2 Å². The van der Waals surface area contributed by atoms with Gasteiger partial charge in [0.2, 0.25) is 0 Å². The van der Waals surface area contributed by atoms with E-state index in [2.05, 4.69) is 11.9 Å². The van der Waals surface area contributed by atoms with Gasteiger partial charge in [-0.05, 0) is 29.8 Å². The zero-order valence-electron chi connectivity index (χ0n) is 11.6. The molecule has 2 nitrogen and oxygen atoms in total. The predicted octanol–water partition coefficient (Wildman–Crippen LogP) is 4.33. The fraction of sp³-hybridized carbons (Fsp3) is 0.176. The van der Waals surface area contributed by atoms with Gasteiger partial charge in [0.05, 0.1) is 5.02 Å². The van der Waals surface area contributed by atoms with E-state index < -0.39 is 0 Å². The molecule has 4 heteroatoms. The first-order valence-corrected chi connectivity index (χ1v) is 7.04. The van der Waals surface area contributed by atoms with Crippen LogP contribution in [0, 0.1) is 5.82 Å². The van der Waals surface area contributed by atoms with Gasteiger partial charge < -0.3 is 10.1 Å². The second-order valence-electron chi connectivity index (χ2n) is 4.59. The minimum Gasteiger partial charge on any atom is -0.489 e. The summed E-state index contributed by atoms with van der Waals surface area (Å²) in [6.07, 6.45) is 1.82. The molecule has 0 saturated heterocycles. The fourth-order valence-corrected chi connectivity index (χ4v) is 2.04. The summed E-state index contributed by atoms with van der Waals surface area (Å²) in [6, 6.07) is 12.1. The van der Waals surface area contributed by atoms with Crippen LogP contribution in [0.3, 0.4) is 0 Å². The molecular formula is C17H17ClFNO. The molecule has 2 aromatic carbocycles. The van der Waals surface area contributed by atoms with Crippen molar-refractivity contribution in [3.63, 3.8) is 0 Å². The van der Waals surface area contributed by atoms with Crippen molar-refractivity contribution < 1.29 is 9.13 Å². The maximum Gasteiger partial charge on any atom is 0.124 e. The van der Waals surface area contributed by atoms with E-state index in [0.29, 0.717) is 11.6 Å². The van der Waals surface area contributed by atoms with Crippen LogP contribution in [0.4, 0.5) is 4.39 Å². The van der Waals surface area contributed by atoms with Crippen molar-refractivity contribution in [3.05, 3.63) is 77.1 Å². The molecule has 0 atom stereocenters. The smallest absolute Gasteiger partial charge is 0.124 e. The summed E-state index contributed by atoms with van der Waals surface area (Å²) in [6.45, 7) is 5.53. The van der Waals surface area contributed by atoms with E-state index in [9.17, 15) is 4.39 Å². The van der Waals surface area contributed by atoms with Crippen LogP contribution in [0.25, 0.3) is 0 Å². The summed E-state index contributed by atoms with van der Waals surface area (Å²) in [5, 5.41) is 3.60. The molecule has 0 saturated carbocycles. The van der Waals surface area contributed by atoms with Crippen molar-refractivity contribution in [1.82, 2.24) is 5.32 Å². The van der Waals surface area contributed by atoms with Crippen molar-refractivity contribution in [3.8, 4) is 5.75 Å². The molecule has 0 fully saturated rings. The van der Waals surface area contributed by atoms with Crippen LogP contribution >= 0.6 is 11.6 Å². The van der Waals surface area contributed by atoms with Gasteiger partial charge in [0.15, 0.2) is 0 Å². The second-order valence-corrected chi connectivity index (χ2v) is 5.00. The first kappa shape index (κ1) is 15.5. The number of hydrogen-bond donors (Lipinski definition) is 1. The largest absolute Gasteiger partial charge is 0.489 e. The maximum atomic E-state index is 12.9. The third kappa shape index (κ3) is 4.88. The summed E-state index contributed by atoms with van der Waals surface area (Å²) in [7, 11) is 0. The predicted molar refractivity (Wildman–Crippen MR) is 84.1 cm³/mol. The molecule has 0 bridgehead atoms. The van der Waals surface area contributed by atoms with Crippen molar-refractivity contribution in [2.24, 2.45) is 0 Å². The number of rotatable bonds is 7. The van der Waals surface area contributed by atoms with Crippen LogP contribution < -0.4 is 10.1 Å². The van der Waals surface area contributed by atoms with Crippen molar-refractivity contribution >= 4 is 11.6 Å². The number of hydrogen-bond acceptors (Lipinski definition) is 2. The van der Waals surface area contributed by atoms with E-state index in [0.717, 1.165) is 24.4 Å². The average molecular weight is 306 g/mol. The molecule has 0 aromatic heterocycles. The Kier molecular flexibility index (Phi) is 5.78. The minimum atomic E-state index is -0.347. The van der Waals surface area contributed by atoms with E-state index in [-0.39, 0.29) is 5.82 Å². The SMILES string of the molecule is C=CCNCc1ccc(OCc2ccc(F)cc2Cl)cc1. The second kappa shape index (κ2) is 7.81. The highest BCUT2D eigenvalue weighted by molar-refractivity contribution is 6.31. The fourth-order valence-electron chi connectivity index (χ4n) is 1.82. The first-order valence-electron chi connectivity index (χ1n) is 6.66. The Morgan fingerprint density at radius 1 is 1.19 bits per heavy atom. The lowest BCUT2D eigenvalue weighted by Crippen LogP contribution is -2.12. The van der Waals surface area contributed by atoms with Crippen molar-refractivity contribution in [2.45, 2.75) is 13.2 Å². The molecule has 0 aliphatic rings. The Balaban J connectivity index is 1.89. The highest BCUT2D eigenvalue weighted by Gasteiger charge is 2.03. The third-order valence-electron chi connectivity index (χ3n) is 2.95. The number of benzene rings is 2. The number of nitrogens with one attached hydrogen (secondary N) is 1. The zero-order valence-corrected chi connectivity index (χ0v) is 12.4. The Morgan fingerprint density at radius 2 is 1.95 bits per heavy atom. The minimum absolute atomic E-state index is 0.313. The quantitative estimate of drug-likeness (QED) is 0.607. The van der Waals surface area contributed by atoms with E-state index in [4.69, 9.17) is 16.3 Å². The molecular weight excluding hydrogens is 289 g/mol. The summed E-state index contributed by atoms with van der Waals surface area (Å²) in [5.74, 6) is 0.406. The Bertz CT molecular complexity index is 598. The highest BCUT2D eigenvalue weighted by atomic mass is 35.5. The first-order chi connectivity index (χ1) is 10.2. The molecule has 0 heterocycles. The average Bonchev–Trinajstić information content (AvgIpc) is 2.48. The lowest BCUT2D eigenvalue weighted by atomic mass is 10.2. The highest BCUT2D eigenvalue weighted by Crippen LogP contribution is 2.20. The molecule has 21 heavy (non-hydrogen) atoms. The van der Waals surface area contributed by atoms with E-state index in [1.807, 2.05) is 30.3 Å². The van der Waals surface area contributed by atoms with Crippen LogP contribution in [0.15, 0.2) is 55.1 Å². The van der Waals surface area contributed by atoms with E-state index in [1.54, 1.807) is 6.07 Å². The molecule has 1 N–H and O–H groups in total. The van der Waals surface area contributed by atoms with Crippen LogP contribution in [0.5, 0.6) is 5.75 Å². The van der Waals surface area contributed by atoms with E-state index >= 15 is 0 Å². The topological polar surface area (TPSA) is 21.3 Å². The molecule has 2 rings (SSSR count). The normalized spacial score (nSPS) is 10.4. The van der Waals surface area contributed by atoms with Crippen LogP contribution in [-0.4, -0.2) is 6.54 Å². The third-order valence-corrected chi connectivity index (χ3v) is 3.30. The maximum absolute atomic E-state index is 12.9. The monoisotopic (exact) mass is 305 g/mol. The lowest BCUT2D eigenvalue weighted by molar-refractivity contribution is 0.306. The van der Waals surface area contributed by atoms with Gasteiger partial charge in [0, 0.05) is 18.7 Å². The van der Waals surface area contributed by atoms with Crippen molar-refractivity contribution in [1.29, 1.82) is 0 Å². The van der Waals surface area contributed by atoms with Gasteiger partial charge in [-0.2, -0.15) is 0 Å². The molecule has 0 unspecified atom stereocenters. The molecule has 0 aliphatic carbocycles. The van der Waals surface area contributed by atoms with Gasteiger partial charge in [0.25, 0.3) is 0 Å². The van der Waals surface area contributed by atoms with Crippen LogP contribution in [0.1, 0.15) is 11.1 Å². The molecule has 0 amide bonds. The standard InChI is InChI=1S/C17H17ClFNO/c1-2-9-20-11-13-3-7-16(8-4-13)21-12-14-5-6-15(19)10-17(14)18/h2-8,10,20H,1,9,11-12H2. The summed E-state index contributed by atoms with van der Waals surface area (Å²) in [4.78, 5) is 0. The van der Waals surface area contributed by atoms with Gasteiger partial charge in [-0.15, -0.1) is 6.58 Å². The Labute approximate surface area is 129 Å². The molecule has 0 spiro atoms. The van der Waals surface area contributed by atoms with Crippen LogP contribution in [-0.2, 0) is 13.2 Å². The molecule has 110 valence electrons. The number of halogens is 2. The van der Waals surface area contributed by atoms with Crippen molar-refractivity contribution in [2.75, 3.05) is 6.54 Å². The van der Waals surface area contributed by atoms with Gasteiger partial charge in [-0.1, -0.05) is 35.9 Å². The molecule has 2 aromatic rings. The number of ether oxygens (including phenoxy) is 1. The summed E-state index contributed by atoms with van der Waals surface area (Å²) < 4.78 is 18.6. The van der Waals surface area contributed by atoms with Crippen LogP contribution in [0.2, 0.25) is 5.02 Å². The zero-order chi connectivity index (χ0) is 15.1. The summed E-state index contributed by atoms with van der Waals surface area (Å²) in [5.41, 5.74) is 1.93. The lowest BCUT2D eigenvalue weighted by Gasteiger charge is -2.09. The Morgan fingerprint density at radius 3 is 2.62 bits per heavy atom. The molecule has 0 radical (unpaired) electrons. The van der Waals surface area contributed by atoms with Gasteiger partial charge >= 0.3 is 0 Å². The Hall–Kier alpha value is -1.84. The van der Waals surface area contributed by atoms with Gasteiger partial charge in [-0.3, -0.25) is 0 Å². The van der Waals surface area contributed by atoms with E-state index in [1.165, 1.54) is 17.7 Å². The molecule has 0 aliphatic heterocycles. The van der Waals surface area contributed by atoms with Gasteiger partial charge in [-0.25, -0.2) is 4.39 Å².